The van der Waals surface area contributed by atoms with Crippen LogP contribution in [0.4, 0.5) is 18.9 Å². The molecule has 0 fully saturated rings. The van der Waals surface area contributed by atoms with Gasteiger partial charge >= 0.3 is 6.18 Å². The fourth-order valence-corrected chi connectivity index (χ4v) is 5.54. The van der Waals surface area contributed by atoms with Crippen LogP contribution >= 0.6 is 0 Å². The summed E-state index contributed by atoms with van der Waals surface area (Å²) in [7, 11) is 0. The summed E-state index contributed by atoms with van der Waals surface area (Å²) < 4.78 is 53.4. The molecule has 0 saturated carbocycles. The van der Waals surface area contributed by atoms with E-state index in [2.05, 4.69) is 0 Å². The van der Waals surface area contributed by atoms with Crippen LogP contribution in [0.3, 0.4) is 0 Å². The summed E-state index contributed by atoms with van der Waals surface area (Å²) in [5, 5.41) is 20.9. The molecule has 0 amide bonds. The molecule has 3 aromatic carbocycles. The Kier molecular flexibility index (Phi) is 5.94. The van der Waals surface area contributed by atoms with Crippen molar-refractivity contribution in [1.82, 2.24) is 0 Å². The molecule has 198 valence electrons. The Hall–Kier alpha value is -4.53. The first-order chi connectivity index (χ1) is 18.8. The average molecular weight is 533 g/mol. The van der Waals surface area contributed by atoms with Gasteiger partial charge in [0.25, 0.3) is 0 Å². The smallest absolute Gasteiger partial charge is 0.418 e. The molecule has 0 radical (unpaired) electrons. The number of nitrogens with zero attached hydrogens (tertiary/aromatic N) is 1. The monoisotopic (exact) mass is 532 g/mol. The maximum absolute atomic E-state index is 14.2. The summed E-state index contributed by atoms with van der Waals surface area (Å²) >= 11 is 0. The van der Waals surface area contributed by atoms with Crippen LogP contribution in [0.25, 0.3) is 5.76 Å². The number of nitrogens with one attached hydrogen (secondary N) is 1. The van der Waals surface area contributed by atoms with Gasteiger partial charge in [0.15, 0.2) is 17.3 Å². The largest absolute Gasteiger partial charge is 0.507 e. The number of fused-ring (bicyclic) bond motifs is 1. The van der Waals surface area contributed by atoms with Gasteiger partial charge in [-0.25, -0.2) is 0 Å². The van der Waals surface area contributed by atoms with E-state index in [1.54, 1.807) is 48.5 Å². The zero-order chi connectivity index (χ0) is 27.3. The van der Waals surface area contributed by atoms with Crippen molar-refractivity contribution in [2.75, 3.05) is 11.7 Å². The number of anilines is 1. The van der Waals surface area contributed by atoms with Crippen LogP contribution in [0.5, 0.6) is 11.5 Å². The fraction of sp³-hybridized carbons (Fsp3) is 0.200. The zero-order valence-corrected chi connectivity index (χ0v) is 20.6. The highest BCUT2D eigenvalue weighted by Crippen LogP contribution is 2.50. The average Bonchev–Trinajstić information content (AvgIpc) is 3.40. The van der Waals surface area contributed by atoms with E-state index in [0.717, 1.165) is 6.07 Å². The number of hydrogen-bond acceptors (Lipinski definition) is 5. The van der Waals surface area contributed by atoms with E-state index in [9.17, 15) is 28.5 Å². The number of benzene rings is 3. The number of amidine groups is 1. The minimum atomic E-state index is -4.70. The van der Waals surface area contributed by atoms with Crippen molar-refractivity contribution in [2.24, 2.45) is 0 Å². The van der Waals surface area contributed by atoms with Crippen LogP contribution in [-0.2, 0) is 11.0 Å². The lowest BCUT2D eigenvalue weighted by Gasteiger charge is -2.42. The number of ether oxygens (including phenoxy) is 2. The third-order valence-corrected chi connectivity index (χ3v) is 7.24. The zero-order valence-electron chi connectivity index (χ0n) is 20.6. The molecule has 0 aromatic heterocycles. The summed E-state index contributed by atoms with van der Waals surface area (Å²) in [5.41, 5.74) is 0.378. The molecular weight excluding hydrogens is 509 g/mol. The number of aliphatic hydroxyl groups excluding tert-OH is 1. The Bertz CT molecular complexity index is 1560. The third kappa shape index (κ3) is 4.14. The van der Waals surface area contributed by atoms with Gasteiger partial charge in [-0.3, -0.25) is 15.1 Å². The van der Waals surface area contributed by atoms with Crippen molar-refractivity contribution in [3.63, 3.8) is 0 Å². The predicted molar refractivity (Wildman–Crippen MR) is 139 cm³/mol. The normalized spacial score (nSPS) is 20.3. The predicted octanol–water partition coefficient (Wildman–Crippen LogP) is 6.99. The number of halogens is 3. The Balaban J connectivity index is 1.67. The second-order valence-electron chi connectivity index (χ2n) is 9.51. The van der Waals surface area contributed by atoms with Crippen LogP contribution in [0.2, 0.25) is 0 Å². The van der Waals surface area contributed by atoms with Gasteiger partial charge in [-0.1, -0.05) is 48.5 Å². The maximum Gasteiger partial charge on any atom is 0.418 e. The first-order valence-electron chi connectivity index (χ1n) is 12.5. The summed E-state index contributed by atoms with van der Waals surface area (Å²) in [5.74, 6) is -0.782. The maximum atomic E-state index is 14.2. The van der Waals surface area contributed by atoms with E-state index in [4.69, 9.17) is 9.47 Å². The van der Waals surface area contributed by atoms with Crippen molar-refractivity contribution in [2.45, 2.75) is 31.4 Å². The van der Waals surface area contributed by atoms with Crippen LogP contribution in [0.15, 0.2) is 89.6 Å². The molecule has 0 saturated heterocycles. The lowest BCUT2D eigenvalue weighted by molar-refractivity contribution is -0.137. The number of carbonyl (C=O) groups excluding carboxylic acids is 1. The molecule has 0 bridgehead atoms. The number of hydrogen-bond donors (Lipinski definition) is 2. The molecule has 2 heterocycles. The molecule has 0 unspecified atom stereocenters. The van der Waals surface area contributed by atoms with Gasteiger partial charge in [0.05, 0.1) is 11.3 Å². The fourth-order valence-electron chi connectivity index (χ4n) is 5.54. The summed E-state index contributed by atoms with van der Waals surface area (Å²) in [6.07, 6.45) is -3.75. The van der Waals surface area contributed by atoms with Gasteiger partial charge in [-0.2, -0.15) is 13.2 Å². The molecule has 9 heteroatoms. The van der Waals surface area contributed by atoms with E-state index < -0.39 is 17.7 Å². The van der Waals surface area contributed by atoms with Crippen molar-refractivity contribution >= 4 is 23.1 Å². The minimum absolute atomic E-state index is 0.0334. The minimum Gasteiger partial charge on any atom is -0.507 e. The summed E-state index contributed by atoms with van der Waals surface area (Å²) in [6, 6.07) is 18.6. The highest BCUT2D eigenvalue weighted by molar-refractivity contribution is 6.20. The molecule has 6 nitrogen and oxygen atoms in total. The van der Waals surface area contributed by atoms with Crippen molar-refractivity contribution in [3.05, 3.63) is 106 Å². The van der Waals surface area contributed by atoms with Crippen LogP contribution in [-0.4, -0.2) is 23.5 Å². The van der Waals surface area contributed by atoms with E-state index in [-0.39, 0.29) is 47.4 Å². The van der Waals surface area contributed by atoms with Crippen LogP contribution < -0.4 is 14.4 Å². The first kappa shape index (κ1) is 24.8. The van der Waals surface area contributed by atoms with Gasteiger partial charge < -0.3 is 14.6 Å². The van der Waals surface area contributed by atoms with Crippen molar-refractivity contribution < 1.29 is 32.5 Å². The number of para-hydroxylation sites is 1. The number of alkyl halides is 3. The SMILES string of the molecule is N=C1/C(=C(/O)c2ccccc2)[C@H](c2ccc3c(c2)OCO3)C2=C(CCCC2=O)N1c1ccccc1C(F)(F)F. The lowest BCUT2D eigenvalue weighted by Crippen LogP contribution is -2.43. The molecule has 2 aliphatic heterocycles. The van der Waals surface area contributed by atoms with Gasteiger partial charge in [-0.05, 0) is 42.7 Å². The van der Waals surface area contributed by atoms with Crippen molar-refractivity contribution in [1.29, 1.82) is 5.41 Å². The second-order valence-corrected chi connectivity index (χ2v) is 9.51. The number of ketones is 1. The highest BCUT2D eigenvalue weighted by Gasteiger charge is 2.45. The van der Waals surface area contributed by atoms with E-state index in [1.165, 1.54) is 23.1 Å². The van der Waals surface area contributed by atoms with Crippen LogP contribution in [0.1, 0.15) is 41.9 Å². The molecule has 39 heavy (non-hydrogen) atoms. The van der Waals surface area contributed by atoms with Crippen molar-refractivity contribution in [3.8, 4) is 11.5 Å². The summed E-state index contributed by atoms with van der Waals surface area (Å²) in [6.45, 7) is 0.0338. The highest BCUT2D eigenvalue weighted by atomic mass is 19.4. The lowest BCUT2D eigenvalue weighted by atomic mass is 9.73. The number of Topliss-reactive ketones (excluding diaryl/α,β-unsaturated/α-hetero) is 1. The number of rotatable bonds is 3. The Morgan fingerprint density at radius 3 is 2.44 bits per heavy atom. The number of allylic oxidation sites excluding steroid dienone is 2. The molecule has 3 aromatic rings. The standard InChI is InChI=1S/C30H23F3N2O4/c31-30(32,33)19-9-4-5-10-20(19)35-21-11-6-12-22(36)26(21)25(18-13-14-23-24(15-18)39-16-38-23)27(29(35)34)28(37)17-7-2-1-3-8-17/h1-5,7-10,13-15,25,34,37H,6,11-12,16H2/b28-27+,34-29?/t25-/m1/s1. The van der Waals surface area contributed by atoms with Gasteiger partial charge in [0, 0.05) is 34.7 Å². The number of aliphatic hydroxyl groups is 1. The molecular formula is C30H23F3N2O4. The topological polar surface area (TPSA) is 82.9 Å². The quantitative estimate of drug-likeness (QED) is 0.355. The molecule has 0 spiro atoms. The Labute approximate surface area is 222 Å². The molecule has 1 atom stereocenters. The van der Waals surface area contributed by atoms with Gasteiger partial charge in [0.2, 0.25) is 6.79 Å². The van der Waals surface area contributed by atoms with Gasteiger partial charge in [0.1, 0.15) is 11.6 Å². The Morgan fingerprint density at radius 2 is 1.67 bits per heavy atom. The summed E-state index contributed by atoms with van der Waals surface area (Å²) in [4.78, 5) is 14.8. The van der Waals surface area contributed by atoms with Gasteiger partial charge in [-0.15, -0.1) is 0 Å². The second kappa shape index (κ2) is 9.34. The molecule has 1 aliphatic carbocycles. The molecule has 2 N–H and O–H groups in total. The first-order valence-corrected chi connectivity index (χ1v) is 12.5. The third-order valence-electron chi connectivity index (χ3n) is 7.24. The molecule has 3 aliphatic rings. The van der Waals surface area contributed by atoms with E-state index >= 15 is 0 Å². The Morgan fingerprint density at radius 1 is 0.949 bits per heavy atom. The van der Waals surface area contributed by atoms with E-state index in [0.29, 0.717) is 41.2 Å². The number of carbonyl (C=O) groups is 1. The molecule has 6 rings (SSSR count). The van der Waals surface area contributed by atoms with Crippen LogP contribution in [0, 0.1) is 5.41 Å². The van der Waals surface area contributed by atoms with E-state index in [1.807, 2.05) is 0 Å².